The van der Waals surface area contributed by atoms with Crippen LogP contribution in [0.15, 0.2) is 48.1 Å². The van der Waals surface area contributed by atoms with Gasteiger partial charge in [0, 0.05) is 43.5 Å². The Morgan fingerprint density at radius 1 is 1.01 bits per heavy atom. The van der Waals surface area contributed by atoms with Gasteiger partial charge in [0.05, 0.1) is 35.1 Å². The zero-order valence-corrected chi connectivity index (χ0v) is 42.1. The fraction of sp³-hybridized carbons (Fsp3) is 0.531. The number of nitrogens with zero attached hydrogens (tertiary/aromatic N) is 4. The van der Waals surface area contributed by atoms with Crippen LogP contribution in [-0.2, 0) is 20.9 Å². The third-order valence-corrected chi connectivity index (χ3v) is 16.2. The molecule has 1 saturated heterocycles. The number of thioether (sulfide) groups is 1. The van der Waals surface area contributed by atoms with Crippen molar-refractivity contribution in [1.29, 1.82) is 0 Å². The van der Waals surface area contributed by atoms with Crippen molar-refractivity contribution in [2.24, 2.45) is 11.8 Å². The number of nitrogens with one attached hydrogen (secondary N) is 6. The van der Waals surface area contributed by atoms with Gasteiger partial charge in [-0.2, -0.15) is 16.7 Å². The third kappa shape index (κ3) is 12.6. The molecule has 2 atom stereocenters. The van der Waals surface area contributed by atoms with E-state index in [4.69, 9.17) is 16.3 Å². The van der Waals surface area contributed by atoms with E-state index in [1.807, 2.05) is 45.3 Å². The van der Waals surface area contributed by atoms with E-state index in [9.17, 15) is 19.2 Å². The number of alkyl halides is 1. The van der Waals surface area contributed by atoms with Gasteiger partial charge in [0.15, 0.2) is 5.67 Å². The van der Waals surface area contributed by atoms with Crippen LogP contribution >= 0.6 is 34.7 Å². The number of hydrogen-bond donors (Lipinski definition) is 6. The molecule has 3 fully saturated rings. The molecule has 7 rings (SSSR count). The lowest BCUT2D eigenvalue weighted by molar-refractivity contribution is -0.143. The van der Waals surface area contributed by atoms with Crippen LogP contribution < -0.4 is 36.6 Å². The minimum absolute atomic E-state index is 0.142. The van der Waals surface area contributed by atoms with E-state index >= 15 is 4.39 Å². The molecule has 4 aromatic rings. The Kier molecular flexibility index (Phi) is 16.9. The molecule has 1 unspecified atom stereocenters. The maximum absolute atomic E-state index is 15.1. The topological polar surface area (TPSA) is 192 Å². The van der Waals surface area contributed by atoms with Crippen LogP contribution in [0, 0.1) is 25.7 Å². The molecule has 3 heterocycles. The van der Waals surface area contributed by atoms with Crippen LogP contribution in [0.3, 0.4) is 0 Å². The maximum atomic E-state index is 15.1. The van der Waals surface area contributed by atoms with Gasteiger partial charge >= 0.3 is 0 Å². The summed E-state index contributed by atoms with van der Waals surface area (Å²) in [5.74, 6) is 1.45. The van der Waals surface area contributed by atoms with Crippen molar-refractivity contribution in [3.8, 4) is 16.2 Å². The number of methoxy groups -OCH3 is 1. The van der Waals surface area contributed by atoms with Crippen molar-refractivity contribution in [2.45, 2.75) is 108 Å². The predicted molar refractivity (Wildman–Crippen MR) is 269 cm³/mol. The zero-order chi connectivity index (χ0) is 48.6. The number of benzene rings is 2. The van der Waals surface area contributed by atoms with Gasteiger partial charge in [-0.15, -0.1) is 11.3 Å². The molecule has 1 aliphatic heterocycles. The van der Waals surface area contributed by atoms with Gasteiger partial charge in [-0.1, -0.05) is 29.8 Å². The number of aryl methyl sites for hydroxylation is 2. The molecule has 0 bridgehead atoms. The Morgan fingerprint density at radius 2 is 1.78 bits per heavy atom. The number of carbonyl (C=O) groups excluding carboxylic acids is 4. The van der Waals surface area contributed by atoms with E-state index in [-0.39, 0.29) is 30.6 Å². The number of ether oxygens (including phenoxy) is 1. The smallest absolute Gasteiger partial charge is 0.258 e. The summed E-state index contributed by atoms with van der Waals surface area (Å²) in [6.07, 6.45) is 7.10. The molecule has 68 heavy (non-hydrogen) atoms. The van der Waals surface area contributed by atoms with Crippen LogP contribution in [0.5, 0.6) is 5.75 Å². The molecule has 366 valence electrons. The van der Waals surface area contributed by atoms with Gasteiger partial charge in [0.25, 0.3) is 11.8 Å². The number of halogens is 2. The summed E-state index contributed by atoms with van der Waals surface area (Å²) >= 11 is 9.34. The number of carbonyl (C=O) groups is 4. The number of aromatic nitrogens is 3. The number of hydrogen-bond acceptors (Lipinski definition) is 13. The highest BCUT2D eigenvalue weighted by Crippen LogP contribution is 2.42. The van der Waals surface area contributed by atoms with E-state index in [2.05, 4.69) is 52.9 Å². The van der Waals surface area contributed by atoms with Crippen molar-refractivity contribution in [3.05, 3.63) is 75.5 Å². The van der Waals surface area contributed by atoms with Crippen LogP contribution in [0.4, 0.5) is 21.8 Å². The van der Waals surface area contributed by atoms with Crippen molar-refractivity contribution < 1.29 is 28.3 Å². The van der Waals surface area contributed by atoms with E-state index in [1.54, 1.807) is 53.2 Å². The summed E-state index contributed by atoms with van der Waals surface area (Å²) in [6.45, 7) is 10.5. The summed E-state index contributed by atoms with van der Waals surface area (Å²) in [5.41, 5.74) is 5.05. The highest BCUT2D eigenvalue weighted by Gasteiger charge is 2.54. The Morgan fingerprint density at radius 3 is 2.47 bits per heavy atom. The van der Waals surface area contributed by atoms with Gasteiger partial charge < -0.3 is 41.5 Å². The molecule has 0 spiro atoms. The predicted octanol–water partition coefficient (Wildman–Crippen LogP) is 7.60. The average Bonchev–Trinajstić information content (AvgIpc) is 3.66. The summed E-state index contributed by atoms with van der Waals surface area (Å²) in [6, 6.07) is 9.59. The summed E-state index contributed by atoms with van der Waals surface area (Å²) in [7, 11) is 3.25. The van der Waals surface area contributed by atoms with E-state index in [1.165, 1.54) is 13.3 Å². The lowest BCUT2D eigenvalue weighted by atomic mass is 9.83. The maximum Gasteiger partial charge on any atom is 0.258 e. The molecule has 0 radical (unpaired) electrons. The SMILES string of the molecule is CNc1nc(Nc2ccc(C(=O)NCCNCC3CCC(CSC(C)(C)[C@H](NC(=O)C4(F)CC4)C(=O)N4CCCC4C(=O)NCc4ccc(-c5scnc5C)cc4C)CC3)cc2OC)ncc1Cl. The first-order chi connectivity index (χ1) is 32.6. The number of anilines is 3. The standard InChI is InChI=1S/C49H64ClFN10O5S2/c1-29-22-33(40-30(2)57-28-67-40)13-14-35(29)25-55-44(63)38-8-7-21-61(38)45(64)41(59-46(65)49(51)17-18-49)48(3,4)68-27-32-11-9-31(10-12-32)24-53-19-20-54-43(62)34-15-16-37(39(23-34)66-6)58-47-56-26-36(50)42(52-5)60-47/h13-16,22-23,26,28,31-32,38,41,53H,7-12,17-21,24-25,27H2,1-6H3,(H,54,62)(H,55,63)(H,59,65)(H2,52,56,58,60)/t31?,32?,38?,41-/m1/s1. The fourth-order valence-corrected chi connectivity index (χ4v) is 11.2. The minimum atomic E-state index is -1.95. The molecule has 2 saturated carbocycles. The number of rotatable bonds is 21. The molecule has 2 aliphatic carbocycles. The van der Waals surface area contributed by atoms with E-state index < -0.39 is 28.4 Å². The molecule has 2 aromatic carbocycles. The second-order valence-corrected chi connectivity index (χ2v) is 21.6. The van der Waals surface area contributed by atoms with Crippen LogP contribution in [-0.4, -0.2) is 112 Å². The van der Waals surface area contributed by atoms with Crippen molar-refractivity contribution in [1.82, 2.24) is 41.1 Å². The van der Waals surface area contributed by atoms with Crippen LogP contribution in [0.25, 0.3) is 10.4 Å². The Balaban J connectivity index is 0.853. The molecule has 19 heteroatoms. The van der Waals surface area contributed by atoms with Gasteiger partial charge in [0.2, 0.25) is 17.8 Å². The fourth-order valence-electron chi connectivity index (χ4n) is 8.86. The summed E-state index contributed by atoms with van der Waals surface area (Å²) in [4.78, 5) is 70.1. The Labute approximate surface area is 411 Å². The van der Waals surface area contributed by atoms with Crippen molar-refractivity contribution >= 4 is 75.8 Å². The molecular formula is C49H64ClFN10O5S2. The molecular weight excluding hydrogens is 927 g/mol. The lowest BCUT2D eigenvalue weighted by Crippen LogP contribution is -2.61. The van der Waals surface area contributed by atoms with Gasteiger partial charge in [-0.3, -0.25) is 19.2 Å². The van der Waals surface area contributed by atoms with E-state index in [0.29, 0.717) is 84.6 Å². The third-order valence-electron chi connectivity index (χ3n) is 13.3. The summed E-state index contributed by atoms with van der Waals surface area (Å²) in [5, 5.41) is 18.8. The first kappa shape index (κ1) is 50.8. The molecule has 6 N–H and O–H groups in total. The number of thiazole rings is 1. The first-order valence-corrected chi connectivity index (χ1v) is 25.7. The van der Waals surface area contributed by atoms with Crippen LogP contribution in [0.1, 0.15) is 92.4 Å². The molecule has 4 amide bonds. The quantitative estimate of drug-likeness (QED) is 0.0449. The molecule has 15 nitrogen and oxygen atoms in total. The second-order valence-electron chi connectivity index (χ2n) is 18.6. The van der Waals surface area contributed by atoms with Gasteiger partial charge in [-0.05, 0) is 138 Å². The van der Waals surface area contributed by atoms with Crippen LogP contribution in [0.2, 0.25) is 5.02 Å². The van der Waals surface area contributed by atoms with Gasteiger partial charge in [0.1, 0.15) is 28.7 Å². The number of likely N-dealkylation sites (tertiary alicyclic amines) is 1. The lowest BCUT2D eigenvalue weighted by Gasteiger charge is -2.39. The minimum Gasteiger partial charge on any atom is -0.495 e. The van der Waals surface area contributed by atoms with Gasteiger partial charge in [-0.25, -0.2) is 14.4 Å². The molecule has 2 aromatic heterocycles. The Hall–Kier alpha value is -5.04. The highest BCUT2D eigenvalue weighted by atomic mass is 35.5. The van der Waals surface area contributed by atoms with Crippen molar-refractivity contribution in [2.75, 3.05) is 56.7 Å². The van der Waals surface area contributed by atoms with Crippen molar-refractivity contribution in [3.63, 3.8) is 0 Å². The van der Waals surface area contributed by atoms with E-state index in [0.717, 1.165) is 65.2 Å². The molecule has 3 aliphatic rings. The number of amides is 4. The average molecular weight is 992 g/mol. The first-order valence-electron chi connectivity index (χ1n) is 23.5. The normalized spacial score (nSPS) is 19.2. The summed E-state index contributed by atoms with van der Waals surface area (Å²) < 4.78 is 19.9. The zero-order valence-electron chi connectivity index (χ0n) is 39.7. The second kappa shape index (κ2) is 22.6. The highest BCUT2D eigenvalue weighted by molar-refractivity contribution is 8.00. The largest absolute Gasteiger partial charge is 0.495 e. The Bertz CT molecular complexity index is 2450. The monoisotopic (exact) mass is 990 g/mol.